The first-order valence-corrected chi connectivity index (χ1v) is 11.0. The van der Waals surface area contributed by atoms with Gasteiger partial charge in [-0.15, -0.1) is 0 Å². The minimum Gasteiger partial charge on any atom is -0.491 e. The molecule has 0 fully saturated rings. The highest BCUT2D eigenvalue weighted by Gasteiger charge is 2.05. The highest BCUT2D eigenvalue weighted by atomic mass is 16.5. The van der Waals surface area contributed by atoms with Crippen LogP contribution >= 0.6 is 0 Å². The van der Waals surface area contributed by atoms with Crippen LogP contribution in [0, 0.1) is 0 Å². The number of hydrogen-bond donors (Lipinski definition) is 0. The van der Waals surface area contributed by atoms with Gasteiger partial charge in [0.1, 0.15) is 12.4 Å². The zero-order chi connectivity index (χ0) is 20.0. The van der Waals surface area contributed by atoms with E-state index in [9.17, 15) is 0 Å². The first-order chi connectivity index (χ1) is 13.7. The quantitative estimate of drug-likeness (QED) is 0.334. The van der Waals surface area contributed by atoms with Crippen LogP contribution in [0.15, 0.2) is 42.6 Å². The number of nitrogens with zero attached hydrogens (tertiary/aromatic N) is 1. The van der Waals surface area contributed by atoms with Crippen molar-refractivity contribution in [3.8, 4) is 17.0 Å². The van der Waals surface area contributed by atoms with Crippen LogP contribution in [-0.4, -0.2) is 24.3 Å². The van der Waals surface area contributed by atoms with Gasteiger partial charge in [-0.2, -0.15) is 0 Å². The summed E-state index contributed by atoms with van der Waals surface area (Å²) in [7, 11) is 0. The van der Waals surface area contributed by atoms with Gasteiger partial charge in [0.25, 0.3) is 0 Å². The molecular weight excluding hydrogens is 346 g/mol. The van der Waals surface area contributed by atoms with Crippen LogP contribution in [0.4, 0.5) is 0 Å². The zero-order valence-corrected chi connectivity index (χ0v) is 18.0. The summed E-state index contributed by atoms with van der Waals surface area (Å²) in [6, 6.07) is 12.5. The fourth-order valence-electron chi connectivity index (χ4n) is 3.09. The molecule has 0 radical (unpaired) electrons. The third-order valence-electron chi connectivity index (χ3n) is 4.93. The van der Waals surface area contributed by atoms with Crippen LogP contribution < -0.4 is 4.74 Å². The largest absolute Gasteiger partial charge is 0.491 e. The molecule has 0 aliphatic heterocycles. The van der Waals surface area contributed by atoms with Gasteiger partial charge in [-0.05, 0) is 62.1 Å². The molecule has 3 nitrogen and oxygen atoms in total. The Morgan fingerprint density at radius 3 is 2.29 bits per heavy atom. The molecule has 1 atom stereocenters. The summed E-state index contributed by atoms with van der Waals surface area (Å²) in [5.74, 6) is 0.874. The highest BCUT2D eigenvalue weighted by molar-refractivity contribution is 5.60. The lowest BCUT2D eigenvalue weighted by atomic mass is 10.1. The van der Waals surface area contributed by atoms with Gasteiger partial charge in [0.05, 0.1) is 11.8 Å². The smallest absolute Gasteiger partial charge is 0.119 e. The lowest BCUT2D eigenvalue weighted by Gasteiger charge is -2.14. The average molecular weight is 384 g/mol. The van der Waals surface area contributed by atoms with E-state index in [1.807, 2.05) is 18.3 Å². The third-order valence-corrected chi connectivity index (χ3v) is 4.93. The van der Waals surface area contributed by atoms with E-state index in [2.05, 4.69) is 50.0 Å². The van der Waals surface area contributed by atoms with Crippen LogP contribution in [-0.2, 0) is 11.2 Å². The predicted octanol–water partition coefficient (Wildman–Crippen LogP) is 6.85. The Morgan fingerprint density at radius 1 is 0.857 bits per heavy atom. The van der Waals surface area contributed by atoms with Crippen molar-refractivity contribution in [3.05, 3.63) is 48.2 Å². The first kappa shape index (κ1) is 22.4. The summed E-state index contributed by atoms with van der Waals surface area (Å²) < 4.78 is 11.6. The molecule has 2 aromatic rings. The minimum atomic E-state index is 0.113. The molecule has 1 aromatic heterocycles. The summed E-state index contributed by atoms with van der Waals surface area (Å²) in [5, 5.41) is 0. The number of ether oxygens (including phenoxy) is 2. The molecule has 0 aliphatic rings. The summed E-state index contributed by atoms with van der Waals surface area (Å²) >= 11 is 0. The Labute approximate surface area is 171 Å². The van der Waals surface area contributed by atoms with Crippen molar-refractivity contribution < 1.29 is 9.47 Å². The van der Waals surface area contributed by atoms with E-state index < -0.39 is 0 Å². The molecule has 28 heavy (non-hydrogen) atoms. The van der Waals surface area contributed by atoms with Crippen LogP contribution in [0.5, 0.6) is 5.75 Å². The van der Waals surface area contributed by atoms with Crippen molar-refractivity contribution in [1.82, 2.24) is 4.98 Å². The molecule has 0 N–H and O–H groups in total. The van der Waals surface area contributed by atoms with Crippen LogP contribution in [0.1, 0.15) is 71.3 Å². The van der Waals surface area contributed by atoms with Crippen molar-refractivity contribution in [2.75, 3.05) is 13.2 Å². The highest BCUT2D eigenvalue weighted by Crippen LogP contribution is 2.21. The summed E-state index contributed by atoms with van der Waals surface area (Å²) in [6.45, 7) is 7.86. The SMILES string of the molecule is CCCCCCCc1ccc(-c2ccc(OC[C@@H](C)OCCCC)cc2)nc1. The van der Waals surface area contributed by atoms with E-state index in [1.54, 1.807) is 0 Å². The number of unbranched alkanes of at least 4 members (excludes halogenated alkanes) is 5. The maximum Gasteiger partial charge on any atom is 0.119 e. The summed E-state index contributed by atoms with van der Waals surface area (Å²) in [6.07, 6.45) is 12.1. The second-order valence-electron chi connectivity index (χ2n) is 7.59. The monoisotopic (exact) mass is 383 g/mol. The lowest BCUT2D eigenvalue weighted by Crippen LogP contribution is -2.18. The van der Waals surface area contributed by atoms with Gasteiger partial charge in [-0.3, -0.25) is 4.98 Å². The van der Waals surface area contributed by atoms with Gasteiger partial charge < -0.3 is 9.47 Å². The molecule has 0 bridgehead atoms. The van der Waals surface area contributed by atoms with Crippen LogP contribution in [0.2, 0.25) is 0 Å². The van der Waals surface area contributed by atoms with E-state index in [0.717, 1.165) is 42.9 Å². The van der Waals surface area contributed by atoms with Gasteiger partial charge in [0.15, 0.2) is 0 Å². The third kappa shape index (κ3) is 8.43. The standard InChI is InChI=1S/C25H37NO2/c1-4-6-8-9-10-11-22-12-17-25(26-19-22)23-13-15-24(16-14-23)28-20-21(3)27-18-7-5-2/h12-17,19,21H,4-11,18,20H2,1-3H3/t21-/m1/s1. The Hall–Kier alpha value is -1.87. The minimum absolute atomic E-state index is 0.113. The predicted molar refractivity (Wildman–Crippen MR) is 118 cm³/mol. The Kier molecular flexibility index (Phi) is 10.7. The topological polar surface area (TPSA) is 31.4 Å². The molecule has 0 saturated carbocycles. The second kappa shape index (κ2) is 13.3. The Morgan fingerprint density at radius 2 is 1.61 bits per heavy atom. The van der Waals surface area contributed by atoms with Gasteiger partial charge in [0.2, 0.25) is 0 Å². The molecular formula is C25H37NO2. The molecule has 0 amide bonds. The van der Waals surface area contributed by atoms with E-state index in [0.29, 0.717) is 6.61 Å². The molecule has 0 saturated heterocycles. The van der Waals surface area contributed by atoms with Crippen LogP contribution in [0.3, 0.4) is 0 Å². The van der Waals surface area contributed by atoms with Crippen molar-refractivity contribution in [1.29, 1.82) is 0 Å². The van der Waals surface area contributed by atoms with E-state index in [-0.39, 0.29) is 6.10 Å². The second-order valence-corrected chi connectivity index (χ2v) is 7.59. The molecule has 1 aromatic carbocycles. The van der Waals surface area contributed by atoms with Gasteiger partial charge in [0, 0.05) is 18.4 Å². The molecule has 0 spiro atoms. The van der Waals surface area contributed by atoms with Crippen LogP contribution in [0.25, 0.3) is 11.3 Å². The van der Waals surface area contributed by atoms with Crippen molar-refractivity contribution in [3.63, 3.8) is 0 Å². The Bertz CT molecular complexity index is 637. The number of hydrogen-bond acceptors (Lipinski definition) is 3. The average Bonchev–Trinajstić information content (AvgIpc) is 2.73. The van der Waals surface area contributed by atoms with Gasteiger partial charge in [-0.25, -0.2) is 0 Å². The molecule has 2 rings (SSSR count). The van der Waals surface area contributed by atoms with E-state index >= 15 is 0 Å². The maximum atomic E-state index is 5.84. The zero-order valence-electron chi connectivity index (χ0n) is 18.0. The summed E-state index contributed by atoms with van der Waals surface area (Å²) in [4.78, 5) is 4.65. The Balaban J connectivity index is 1.77. The lowest BCUT2D eigenvalue weighted by molar-refractivity contribution is 0.0309. The maximum absolute atomic E-state index is 5.84. The van der Waals surface area contributed by atoms with Crippen molar-refractivity contribution in [2.45, 2.75) is 78.2 Å². The number of aryl methyl sites for hydroxylation is 1. The summed E-state index contributed by atoms with van der Waals surface area (Å²) in [5.41, 5.74) is 3.46. The van der Waals surface area contributed by atoms with E-state index in [1.165, 1.54) is 37.7 Å². The normalized spacial score (nSPS) is 12.1. The van der Waals surface area contributed by atoms with E-state index in [4.69, 9.17) is 9.47 Å². The number of pyridine rings is 1. The molecule has 3 heteroatoms. The molecule has 0 unspecified atom stereocenters. The van der Waals surface area contributed by atoms with Crippen molar-refractivity contribution in [2.24, 2.45) is 0 Å². The molecule has 154 valence electrons. The fraction of sp³-hybridized carbons (Fsp3) is 0.560. The van der Waals surface area contributed by atoms with Gasteiger partial charge in [-0.1, -0.05) is 52.0 Å². The fourth-order valence-corrected chi connectivity index (χ4v) is 3.09. The molecule has 0 aliphatic carbocycles. The first-order valence-electron chi connectivity index (χ1n) is 11.0. The van der Waals surface area contributed by atoms with Gasteiger partial charge >= 0.3 is 0 Å². The molecule has 1 heterocycles. The number of benzene rings is 1. The number of aromatic nitrogens is 1. The van der Waals surface area contributed by atoms with Crippen molar-refractivity contribution >= 4 is 0 Å². The number of rotatable bonds is 14.